The van der Waals surface area contributed by atoms with E-state index >= 15 is 0 Å². The number of nitrogens with one attached hydrogen (secondary N) is 1. The van der Waals surface area contributed by atoms with Gasteiger partial charge in [0.2, 0.25) is 0 Å². The smallest absolute Gasteiger partial charge is 0.133 e. The van der Waals surface area contributed by atoms with Gasteiger partial charge >= 0.3 is 0 Å². The average Bonchev–Trinajstić information content (AvgIpc) is 2.48. The Morgan fingerprint density at radius 3 is 2.57 bits per heavy atom. The summed E-state index contributed by atoms with van der Waals surface area (Å²) in [5.41, 5.74) is 0.520. The Morgan fingerprint density at radius 2 is 1.90 bits per heavy atom. The van der Waals surface area contributed by atoms with E-state index in [1.54, 1.807) is 20.0 Å². The van der Waals surface area contributed by atoms with Crippen LogP contribution in [0.5, 0.6) is 0 Å². The van der Waals surface area contributed by atoms with Crippen LogP contribution in [0, 0.1) is 18.6 Å². The Labute approximate surface area is 132 Å². The van der Waals surface area contributed by atoms with Crippen molar-refractivity contribution in [1.29, 1.82) is 0 Å². The van der Waals surface area contributed by atoms with Gasteiger partial charge < -0.3 is 5.32 Å². The minimum absolute atomic E-state index is 0.0806. The van der Waals surface area contributed by atoms with Crippen LogP contribution in [-0.4, -0.2) is 12.8 Å². The van der Waals surface area contributed by atoms with Crippen molar-refractivity contribution in [2.45, 2.75) is 17.9 Å². The van der Waals surface area contributed by atoms with Crippen LogP contribution in [-0.2, 0) is 0 Å². The number of hydrogen-bond acceptors (Lipinski definition) is 2. The van der Waals surface area contributed by atoms with Crippen molar-refractivity contribution >= 4 is 23.4 Å². The molecule has 1 N–H and O–H groups in total. The number of aryl methyl sites for hydroxylation is 1. The van der Waals surface area contributed by atoms with Crippen LogP contribution in [0.4, 0.5) is 8.78 Å². The summed E-state index contributed by atoms with van der Waals surface area (Å²) in [4.78, 5) is 0.896. The maximum absolute atomic E-state index is 14.2. The predicted molar refractivity (Wildman–Crippen MR) is 85.1 cm³/mol. The topological polar surface area (TPSA) is 12.0 Å². The quantitative estimate of drug-likeness (QED) is 0.777. The summed E-state index contributed by atoms with van der Waals surface area (Å²) in [6.45, 7) is 1.63. The highest BCUT2D eigenvalue weighted by Crippen LogP contribution is 2.32. The van der Waals surface area contributed by atoms with E-state index < -0.39 is 17.7 Å². The van der Waals surface area contributed by atoms with Crippen molar-refractivity contribution in [3.8, 4) is 0 Å². The largest absolute Gasteiger partial charge is 0.312 e. The second kappa shape index (κ2) is 7.25. The molecule has 1 atom stereocenters. The summed E-state index contributed by atoms with van der Waals surface area (Å²) in [6, 6.07) is 9.75. The van der Waals surface area contributed by atoms with Crippen molar-refractivity contribution in [2.75, 3.05) is 12.8 Å². The van der Waals surface area contributed by atoms with Gasteiger partial charge in [0.25, 0.3) is 0 Å². The predicted octanol–water partition coefficient (Wildman–Crippen LogP) is 4.98. The molecule has 0 spiro atoms. The van der Waals surface area contributed by atoms with Crippen molar-refractivity contribution in [2.24, 2.45) is 0 Å². The Hall–Kier alpha value is -1.10. The van der Waals surface area contributed by atoms with Gasteiger partial charge in [-0.3, -0.25) is 0 Å². The monoisotopic (exact) mass is 327 g/mol. The van der Waals surface area contributed by atoms with Crippen molar-refractivity contribution in [1.82, 2.24) is 5.32 Å². The zero-order valence-corrected chi connectivity index (χ0v) is 13.4. The summed E-state index contributed by atoms with van der Waals surface area (Å²) >= 11 is 7.57. The fourth-order valence-corrected chi connectivity index (χ4v) is 3.40. The van der Waals surface area contributed by atoms with E-state index in [2.05, 4.69) is 5.32 Å². The summed E-state index contributed by atoms with van der Waals surface area (Å²) in [6.07, 6.45) is 0. The van der Waals surface area contributed by atoms with E-state index in [4.69, 9.17) is 11.6 Å². The van der Waals surface area contributed by atoms with E-state index in [9.17, 15) is 8.78 Å². The van der Waals surface area contributed by atoms with Crippen molar-refractivity contribution in [3.05, 3.63) is 64.2 Å². The maximum Gasteiger partial charge on any atom is 0.133 e. The minimum atomic E-state index is -0.530. The number of rotatable bonds is 5. The second-order valence-corrected chi connectivity index (χ2v) is 6.14. The van der Waals surface area contributed by atoms with Gasteiger partial charge in [0.15, 0.2) is 0 Å². The second-order valence-electron chi connectivity index (χ2n) is 4.67. The molecule has 0 amide bonds. The molecule has 1 nitrogen and oxygen atoms in total. The molecule has 5 heteroatoms. The Kier molecular flexibility index (Phi) is 5.62. The Balaban J connectivity index is 2.22. The van der Waals surface area contributed by atoms with Gasteiger partial charge in [-0.15, -0.1) is 11.8 Å². The van der Waals surface area contributed by atoms with Gasteiger partial charge in [-0.25, -0.2) is 8.78 Å². The van der Waals surface area contributed by atoms with Crippen LogP contribution in [0.25, 0.3) is 0 Å². The molecule has 0 bridgehead atoms. The van der Waals surface area contributed by atoms with Gasteiger partial charge in [0, 0.05) is 22.3 Å². The Bertz CT molecular complexity index is 634. The molecule has 0 aromatic heterocycles. The SMILES string of the molecule is CNC(CSc1ccccc1Cl)c1c(F)ccc(C)c1F. The average molecular weight is 328 g/mol. The molecule has 0 heterocycles. The van der Waals surface area contributed by atoms with Gasteiger partial charge in [-0.05, 0) is 37.7 Å². The van der Waals surface area contributed by atoms with Crippen LogP contribution in [0.2, 0.25) is 5.02 Å². The molecular weight excluding hydrogens is 312 g/mol. The molecular formula is C16H16ClF2NS. The van der Waals surface area contributed by atoms with E-state index in [0.29, 0.717) is 16.3 Å². The number of benzene rings is 2. The van der Waals surface area contributed by atoms with Crippen LogP contribution < -0.4 is 5.32 Å². The molecule has 0 aliphatic heterocycles. The molecule has 2 rings (SSSR count). The number of hydrogen-bond donors (Lipinski definition) is 1. The highest BCUT2D eigenvalue weighted by Gasteiger charge is 2.20. The van der Waals surface area contributed by atoms with Gasteiger partial charge in [0.1, 0.15) is 11.6 Å². The molecule has 0 saturated carbocycles. The van der Waals surface area contributed by atoms with E-state index in [1.165, 1.54) is 23.9 Å². The summed E-state index contributed by atoms with van der Waals surface area (Å²) in [5, 5.41) is 3.61. The molecule has 0 fully saturated rings. The summed E-state index contributed by atoms with van der Waals surface area (Å²) < 4.78 is 28.1. The van der Waals surface area contributed by atoms with Gasteiger partial charge in [-0.1, -0.05) is 29.8 Å². The van der Waals surface area contributed by atoms with Crippen LogP contribution in [0.3, 0.4) is 0 Å². The minimum Gasteiger partial charge on any atom is -0.312 e. The van der Waals surface area contributed by atoms with Crippen LogP contribution in [0.1, 0.15) is 17.2 Å². The molecule has 0 aliphatic carbocycles. The van der Waals surface area contributed by atoms with Crippen molar-refractivity contribution in [3.63, 3.8) is 0 Å². The van der Waals surface area contributed by atoms with Crippen LogP contribution in [0.15, 0.2) is 41.3 Å². The first-order valence-corrected chi connectivity index (χ1v) is 7.90. The van der Waals surface area contributed by atoms with Crippen LogP contribution >= 0.6 is 23.4 Å². The molecule has 0 aliphatic rings. The number of thioether (sulfide) groups is 1. The first-order chi connectivity index (χ1) is 10.0. The third kappa shape index (κ3) is 3.76. The lowest BCUT2D eigenvalue weighted by Gasteiger charge is -2.19. The first-order valence-electron chi connectivity index (χ1n) is 6.53. The standard InChI is InChI=1S/C16H16ClF2NS/c1-10-7-8-12(18)15(16(10)19)13(20-2)9-21-14-6-4-3-5-11(14)17/h3-8,13,20H,9H2,1-2H3. The highest BCUT2D eigenvalue weighted by atomic mass is 35.5. The first kappa shape index (κ1) is 16.3. The van der Waals surface area contributed by atoms with Gasteiger partial charge in [-0.2, -0.15) is 0 Å². The lowest BCUT2D eigenvalue weighted by atomic mass is 10.0. The van der Waals surface area contributed by atoms with E-state index in [-0.39, 0.29) is 5.56 Å². The highest BCUT2D eigenvalue weighted by molar-refractivity contribution is 7.99. The van der Waals surface area contributed by atoms with Gasteiger partial charge in [0.05, 0.1) is 5.02 Å². The molecule has 2 aromatic rings. The van der Waals surface area contributed by atoms with E-state index in [1.807, 2.05) is 18.2 Å². The molecule has 1 unspecified atom stereocenters. The molecule has 112 valence electrons. The molecule has 2 aromatic carbocycles. The lowest BCUT2D eigenvalue weighted by molar-refractivity contribution is 0.509. The maximum atomic E-state index is 14.2. The zero-order valence-electron chi connectivity index (χ0n) is 11.8. The zero-order chi connectivity index (χ0) is 15.4. The molecule has 0 radical (unpaired) electrons. The lowest BCUT2D eigenvalue weighted by Crippen LogP contribution is -2.22. The fourth-order valence-electron chi connectivity index (χ4n) is 2.04. The fraction of sp³-hybridized carbons (Fsp3) is 0.250. The normalized spacial score (nSPS) is 12.4. The molecule has 21 heavy (non-hydrogen) atoms. The Morgan fingerprint density at radius 1 is 1.19 bits per heavy atom. The third-order valence-electron chi connectivity index (χ3n) is 3.26. The van der Waals surface area contributed by atoms with E-state index in [0.717, 1.165) is 4.90 Å². The van der Waals surface area contributed by atoms with Crippen molar-refractivity contribution < 1.29 is 8.78 Å². The third-order valence-corrected chi connectivity index (χ3v) is 4.87. The number of halogens is 3. The summed E-state index contributed by atoms with van der Waals surface area (Å²) in [5.74, 6) is -0.538. The summed E-state index contributed by atoms with van der Waals surface area (Å²) in [7, 11) is 1.69. The molecule has 0 saturated heterocycles.